The van der Waals surface area contributed by atoms with E-state index in [1.54, 1.807) is 0 Å². The molecule has 1 atom stereocenters. The Labute approximate surface area is 127 Å². The second-order valence-corrected chi connectivity index (χ2v) is 6.27. The van der Waals surface area contributed by atoms with Crippen LogP contribution in [0.25, 0.3) is 0 Å². The predicted octanol–water partition coefficient (Wildman–Crippen LogP) is 4.49. The molecule has 110 valence electrons. The molecule has 2 aromatic carbocycles. The van der Waals surface area contributed by atoms with Gasteiger partial charge in [0, 0.05) is 5.41 Å². The third-order valence-corrected chi connectivity index (χ3v) is 5.03. The molecule has 1 aliphatic carbocycles. The number of benzene rings is 2. The van der Waals surface area contributed by atoms with Crippen molar-refractivity contribution in [3.05, 3.63) is 71.8 Å². The van der Waals surface area contributed by atoms with Crippen LogP contribution in [0.4, 0.5) is 0 Å². The molecule has 0 radical (unpaired) electrons. The highest BCUT2D eigenvalue weighted by Crippen LogP contribution is 2.44. The maximum absolute atomic E-state index is 10.9. The molecule has 3 rings (SSSR count). The van der Waals surface area contributed by atoms with E-state index in [4.69, 9.17) is 0 Å². The maximum Gasteiger partial charge on any atom is 0.0639 e. The third kappa shape index (κ3) is 3.03. The summed E-state index contributed by atoms with van der Waals surface area (Å²) in [6.45, 7) is 0. The van der Waals surface area contributed by atoms with Crippen molar-refractivity contribution in [1.29, 1.82) is 0 Å². The van der Waals surface area contributed by atoms with E-state index in [0.717, 1.165) is 25.7 Å². The lowest BCUT2D eigenvalue weighted by atomic mass is 9.72. The number of aliphatic hydroxyl groups is 1. The Balaban J connectivity index is 1.75. The molecule has 0 amide bonds. The van der Waals surface area contributed by atoms with Crippen LogP contribution in [0.5, 0.6) is 0 Å². The number of aliphatic hydroxyl groups excluding tert-OH is 1. The smallest absolute Gasteiger partial charge is 0.0639 e. The van der Waals surface area contributed by atoms with Gasteiger partial charge in [-0.15, -0.1) is 0 Å². The lowest BCUT2D eigenvalue weighted by molar-refractivity contribution is 0.0746. The summed E-state index contributed by atoms with van der Waals surface area (Å²) < 4.78 is 0. The van der Waals surface area contributed by atoms with Crippen LogP contribution in [0, 0.1) is 0 Å². The molecular formula is C20H24O. The topological polar surface area (TPSA) is 20.2 Å². The summed E-state index contributed by atoms with van der Waals surface area (Å²) in [7, 11) is 0. The zero-order valence-corrected chi connectivity index (χ0v) is 12.5. The molecular weight excluding hydrogens is 256 g/mol. The van der Waals surface area contributed by atoms with Crippen LogP contribution in [0.15, 0.2) is 60.7 Å². The van der Waals surface area contributed by atoms with Crippen molar-refractivity contribution < 1.29 is 5.11 Å². The maximum atomic E-state index is 10.9. The Morgan fingerprint density at radius 2 is 1.43 bits per heavy atom. The zero-order valence-electron chi connectivity index (χ0n) is 12.5. The van der Waals surface area contributed by atoms with Crippen molar-refractivity contribution in [2.75, 3.05) is 0 Å². The lowest BCUT2D eigenvalue weighted by Gasteiger charge is -2.35. The van der Waals surface area contributed by atoms with E-state index in [0.29, 0.717) is 0 Å². The standard InChI is InChI=1S/C20H24O/c21-19(14-13-17-9-3-1-4-10-17)20(15-7-8-16-20)18-11-5-2-6-12-18/h1-6,9-12,19,21H,7-8,13-16H2. The first-order valence-corrected chi connectivity index (χ1v) is 8.09. The number of aryl methyl sites for hydroxylation is 1. The number of hydrogen-bond acceptors (Lipinski definition) is 1. The quantitative estimate of drug-likeness (QED) is 0.855. The molecule has 1 aliphatic rings. The van der Waals surface area contributed by atoms with Gasteiger partial charge < -0.3 is 5.11 Å². The van der Waals surface area contributed by atoms with Crippen molar-refractivity contribution in [1.82, 2.24) is 0 Å². The van der Waals surface area contributed by atoms with Crippen LogP contribution in [0.2, 0.25) is 0 Å². The number of rotatable bonds is 5. The minimum Gasteiger partial charge on any atom is -0.392 e. The molecule has 0 aromatic heterocycles. The summed E-state index contributed by atoms with van der Waals surface area (Å²) in [5, 5.41) is 10.9. The minimum atomic E-state index is -0.248. The van der Waals surface area contributed by atoms with Gasteiger partial charge in [-0.3, -0.25) is 0 Å². The van der Waals surface area contributed by atoms with Gasteiger partial charge in [0.25, 0.3) is 0 Å². The van der Waals surface area contributed by atoms with Crippen molar-refractivity contribution >= 4 is 0 Å². The van der Waals surface area contributed by atoms with Crippen LogP contribution in [-0.4, -0.2) is 11.2 Å². The monoisotopic (exact) mass is 280 g/mol. The molecule has 0 heterocycles. The molecule has 1 heteroatoms. The predicted molar refractivity (Wildman–Crippen MR) is 87.4 cm³/mol. The normalized spacial score (nSPS) is 18.5. The fraction of sp³-hybridized carbons (Fsp3) is 0.400. The molecule has 0 spiro atoms. The molecule has 0 saturated heterocycles. The average molecular weight is 280 g/mol. The molecule has 1 nitrogen and oxygen atoms in total. The van der Waals surface area contributed by atoms with Gasteiger partial charge >= 0.3 is 0 Å². The van der Waals surface area contributed by atoms with Crippen molar-refractivity contribution in [3.8, 4) is 0 Å². The van der Waals surface area contributed by atoms with E-state index >= 15 is 0 Å². The average Bonchev–Trinajstić information content (AvgIpc) is 3.05. The van der Waals surface area contributed by atoms with E-state index in [-0.39, 0.29) is 11.5 Å². The van der Waals surface area contributed by atoms with Gasteiger partial charge in [-0.25, -0.2) is 0 Å². The molecule has 1 saturated carbocycles. The SMILES string of the molecule is OC(CCc1ccccc1)C1(c2ccccc2)CCCC1. The molecule has 0 aliphatic heterocycles. The van der Waals surface area contributed by atoms with Gasteiger partial charge in [0.1, 0.15) is 0 Å². The second-order valence-electron chi connectivity index (χ2n) is 6.27. The summed E-state index contributed by atoms with van der Waals surface area (Å²) >= 11 is 0. The first kappa shape index (κ1) is 14.3. The Morgan fingerprint density at radius 3 is 2.05 bits per heavy atom. The zero-order chi connectivity index (χ0) is 14.5. The van der Waals surface area contributed by atoms with Crippen molar-refractivity contribution in [2.24, 2.45) is 0 Å². The highest BCUT2D eigenvalue weighted by Gasteiger charge is 2.41. The van der Waals surface area contributed by atoms with Gasteiger partial charge in [0.2, 0.25) is 0 Å². The Hall–Kier alpha value is -1.60. The summed E-state index contributed by atoms with van der Waals surface area (Å²) in [6, 6.07) is 21.1. The Bertz CT molecular complexity index is 541. The molecule has 1 N–H and O–H groups in total. The fourth-order valence-corrected chi connectivity index (χ4v) is 3.81. The Kier molecular flexibility index (Phi) is 4.40. The molecule has 21 heavy (non-hydrogen) atoms. The highest BCUT2D eigenvalue weighted by atomic mass is 16.3. The van der Waals surface area contributed by atoms with E-state index in [2.05, 4.69) is 54.6 Å². The van der Waals surface area contributed by atoms with E-state index in [1.807, 2.05) is 6.07 Å². The molecule has 0 bridgehead atoms. The van der Waals surface area contributed by atoms with Crippen LogP contribution in [-0.2, 0) is 11.8 Å². The largest absolute Gasteiger partial charge is 0.392 e. The summed E-state index contributed by atoms with van der Waals surface area (Å²) in [4.78, 5) is 0. The van der Waals surface area contributed by atoms with Gasteiger partial charge in [-0.05, 0) is 36.8 Å². The highest BCUT2D eigenvalue weighted by molar-refractivity contribution is 5.28. The van der Waals surface area contributed by atoms with Gasteiger partial charge in [-0.2, -0.15) is 0 Å². The summed E-state index contributed by atoms with van der Waals surface area (Å²) in [5.41, 5.74) is 2.62. The van der Waals surface area contributed by atoms with E-state index in [9.17, 15) is 5.11 Å². The first-order chi connectivity index (χ1) is 10.3. The lowest BCUT2D eigenvalue weighted by Crippen LogP contribution is -2.37. The van der Waals surface area contributed by atoms with Crippen LogP contribution in [0.1, 0.15) is 43.2 Å². The van der Waals surface area contributed by atoms with Crippen LogP contribution < -0.4 is 0 Å². The first-order valence-electron chi connectivity index (χ1n) is 8.09. The Morgan fingerprint density at radius 1 is 0.857 bits per heavy atom. The summed E-state index contributed by atoms with van der Waals surface area (Å²) in [6.07, 6.45) is 6.26. The molecule has 1 unspecified atom stereocenters. The minimum absolute atomic E-state index is 0.0178. The van der Waals surface area contributed by atoms with Crippen molar-refractivity contribution in [3.63, 3.8) is 0 Å². The van der Waals surface area contributed by atoms with Crippen molar-refractivity contribution in [2.45, 2.75) is 50.0 Å². The fourth-order valence-electron chi connectivity index (χ4n) is 3.81. The van der Waals surface area contributed by atoms with Gasteiger partial charge in [-0.1, -0.05) is 73.5 Å². The number of hydrogen-bond donors (Lipinski definition) is 1. The van der Waals surface area contributed by atoms with Crippen LogP contribution in [0.3, 0.4) is 0 Å². The second kappa shape index (κ2) is 6.44. The van der Waals surface area contributed by atoms with Crippen LogP contribution >= 0.6 is 0 Å². The molecule has 2 aromatic rings. The summed E-state index contributed by atoms with van der Waals surface area (Å²) in [5.74, 6) is 0. The van der Waals surface area contributed by atoms with Gasteiger partial charge in [0.05, 0.1) is 6.10 Å². The van der Waals surface area contributed by atoms with E-state index in [1.165, 1.54) is 24.0 Å². The van der Waals surface area contributed by atoms with Gasteiger partial charge in [0.15, 0.2) is 0 Å². The third-order valence-electron chi connectivity index (χ3n) is 5.03. The van der Waals surface area contributed by atoms with E-state index < -0.39 is 0 Å². The molecule has 1 fully saturated rings.